The predicted octanol–water partition coefficient (Wildman–Crippen LogP) is 2.53. The molecule has 0 aliphatic rings. The van der Waals surface area contributed by atoms with Gasteiger partial charge in [-0.05, 0) is 37.5 Å². The second-order valence-corrected chi connectivity index (χ2v) is 6.36. The van der Waals surface area contributed by atoms with Gasteiger partial charge in [0.1, 0.15) is 4.88 Å². The Labute approximate surface area is 139 Å². The maximum Gasteiger partial charge on any atom is 0.308 e. The van der Waals surface area contributed by atoms with Gasteiger partial charge in [0.05, 0.1) is 19.0 Å². The van der Waals surface area contributed by atoms with Crippen molar-refractivity contribution < 1.29 is 4.79 Å². The lowest BCUT2D eigenvalue weighted by molar-refractivity contribution is 0.0957. The molecular weight excluding hydrogens is 310 g/mol. The summed E-state index contributed by atoms with van der Waals surface area (Å²) in [5, 5.41) is 11.2. The Morgan fingerprint density at radius 3 is 2.57 bits per heavy atom. The van der Waals surface area contributed by atoms with Crippen LogP contribution >= 0.6 is 11.3 Å². The third kappa shape index (κ3) is 3.69. The summed E-state index contributed by atoms with van der Waals surface area (Å²) in [5.41, 5.74) is 4.02. The summed E-state index contributed by atoms with van der Waals surface area (Å²) in [6, 6.07) is 8.00. The maximum atomic E-state index is 12.3. The van der Waals surface area contributed by atoms with Crippen LogP contribution in [0.2, 0.25) is 0 Å². The van der Waals surface area contributed by atoms with Crippen molar-refractivity contribution in [2.75, 3.05) is 6.54 Å². The summed E-state index contributed by atoms with van der Waals surface area (Å²) in [7, 11) is 0. The molecule has 0 spiro atoms. The molecule has 0 radical (unpaired) electrons. The minimum absolute atomic E-state index is 0.143. The van der Waals surface area contributed by atoms with Gasteiger partial charge in [0.2, 0.25) is 0 Å². The number of aromatic nitrogens is 1. The van der Waals surface area contributed by atoms with Gasteiger partial charge in [-0.15, -0.1) is 0 Å². The van der Waals surface area contributed by atoms with Crippen molar-refractivity contribution in [2.45, 2.75) is 33.7 Å². The van der Waals surface area contributed by atoms with Gasteiger partial charge in [-0.2, -0.15) is 5.26 Å². The molecule has 120 valence electrons. The van der Waals surface area contributed by atoms with Crippen LogP contribution < -0.4 is 10.2 Å². The first-order chi connectivity index (χ1) is 11.0. The molecule has 5 nitrogen and oxygen atoms in total. The Bertz CT molecular complexity index is 807. The van der Waals surface area contributed by atoms with Crippen LogP contribution in [0.3, 0.4) is 0 Å². The molecule has 0 fully saturated rings. The molecular formula is C17H19N3O2S. The SMILES string of the molecule is Cc1cccc(C)c1Cn1c(C)c(C(=O)NCCC#N)sc1=O. The maximum absolute atomic E-state index is 12.3. The number of hydrogen-bond donors (Lipinski definition) is 1. The number of nitrogens with one attached hydrogen (secondary N) is 1. The third-order valence-electron chi connectivity index (χ3n) is 3.83. The van der Waals surface area contributed by atoms with Gasteiger partial charge in [0, 0.05) is 12.2 Å². The van der Waals surface area contributed by atoms with E-state index in [2.05, 4.69) is 5.32 Å². The molecule has 0 saturated carbocycles. The van der Waals surface area contributed by atoms with Gasteiger partial charge in [0.25, 0.3) is 5.91 Å². The van der Waals surface area contributed by atoms with Crippen LogP contribution in [-0.2, 0) is 6.54 Å². The molecule has 23 heavy (non-hydrogen) atoms. The molecule has 1 heterocycles. The molecule has 6 heteroatoms. The number of amides is 1. The number of nitriles is 1. The van der Waals surface area contributed by atoms with Crippen molar-refractivity contribution in [3.8, 4) is 6.07 Å². The van der Waals surface area contributed by atoms with E-state index in [1.807, 2.05) is 38.1 Å². The zero-order chi connectivity index (χ0) is 17.0. The fraction of sp³-hybridized carbons (Fsp3) is 0.353. The predicted molar refractivity (Wildman–Crippen MR) is 90.9 cm³/mol. The van der Waals surface area contributed by atoms with Crippen LogP contribution in [0.5, 0.6) is 0 Å². The molecule has 0 atom stereocenters. The quantitative estimate of drug-likeness (QED) is 0.857. The fourth-order valence-corrected chi connectivity index (χ4v) is 3.35. The lowest BCUT2D eigenvalue weighted by Gasteiger charge is -2.11. The minimum Gasteiger partial charge on any atom is -0.350 e. The summed E-state index contributed by atoms with van der Waals surface area (Å²) in [6.07, 6.45) is 0.253. The molecule has 0 unspecified atom stereocenters. The highest BCUT2D eigenvalue weighted by molar-refractivity contribution is 7.11. The van der Waals surface area contributed by atoms with E-state index >= 15 is 0 Å². The number of carbonyl (C=O) groups excluding carboxylic acids is 1. The summed E-state index contributed by atoms with van der Waals surface area (Å²) in [5.74, 6) is -0.292. The number of thiazole rings is 1. The van der Waals surface area contributed by atoms with Crippen molar-refractivity contribution in [3.05, 3.63) is 55.1 Å². The molecule has 1 amide bonds. The van der Waals surface area contributed by atoms with Gasteiger partial charge >= 0.3 is 4.87 Å². The van der Waals surface area contributed by atoms with E-state index in [9.17, 15) is 9.59 Å². The van der Waals surface area contributed by atoms with E-state index in [1.54, 1.807) is 11.5 Å². The van der Waals surface area contributed by atoms with E-state index in [4.69, 9.17) is 5.26 Å². The zero-order valence-corrected chi connectivity index (χ0v) is 14.3. The first kappa shape index (κ1) is 17.0. The number of aryl methyl sites for hydroxylation is 2. The molecule has 0 aliphatic carbocycles. The third-order valence-corrected chi connectivity index (χ3v) is 4.91. The van der Waals surface area contributed by atoms with Gasteiger partial charge in [-0.3, -0.25) is 14.2 Å². The highest BCUT2D eigenvalue weighted by Crippen LogP contribution is 2.18. The molecule has 1 aromatic carbocycles. The lowest BCUT2D eigenvalue weighted by atomic mass is 10.0. The van der Waals surface area contributed by atoms with E-state index in [0.717, 1.165) is 28.0 Å². The molecule has 0 bridgehead atoms. The Morgan fingerprint density at radius 1 is 1.30 bits per heavy atom. The summed E-state index contributed by atoms with van der Waals surface area (Å²) >= 11 is 0.951. The van der Waals surface area contributed by atoms with Crippen molar-refractivity contribution in [1.29, 1.82) is 5.26 Å². The molecule has 2 rings (SSSR count). The molecule has 0 aliphatic heterocycles. The molecule has 1 N–H and O–H groups in total. The second-order valence-electron chi connectivity index (χ2n) is 5.40. The minimum atomic E-state index is -0.292. The second kappa shape index (κ2) is 7.25. The van der Waals surface area contributed by atoms with E-state index < -0.39 is 0 Å². The summed E-state index contributed by atoms with van der Waals surface area (Å²) in [4.78, 5) is 24.7. The topological polar surface area (TPSA) is 74.9 Å². The van der Waals surface area contributed by atoms with Crippen molar-refractivity contribution >= 4 is 17.2 Å². The Hall–Kier alpha value is -2.39. The van der Waals surface area contributed by atoms with E-state index in [1.165, 1.54) is 0 Å². The van der Waals surface area contributed by atoms with Crippen LogP contribution in [0.4, 0.5) is 0 Å². The standard InChI is InChI=1S/C17H19N3O2S/c1-11-6-4-7-12(2)14(11)10-20-13(3)15(23-17(20)22)16(21)19-9-5-8-18/h4,6-7H,5,9-10H2,1-3H3,(H,19,21). The Kier molecular flexibility index (Phi) is 5.35. The monoisotopic (exact) mass is 329 g/mol. The highest BCUT2D eigenvalue weighted by Gasteiger charge is 2.18. The Balaban J connectivity index is 2.30. The average Bonchev–Trinajstić information content (AvgIpc) is 2.79. The number of carbonyl (C=O) groups is 1. The first-order valence-corrected chi connectivity index (χ1v) is 8.17. The molecule has 1 aromatic heterocycles. The lowest BCUT2D eigenvalue weighted by Crippen LogP contribution is -2.24. The van der Waals surface area contributed by atoms with Crippen LogP contribution in [-0.4, -0.2) is 17.0 Å². The van der Waals surface area contributed by atoms with Crippen LogP contribution in [0.25, 0.3) is 0 Å². The summed E-state index contributed by atoms with van der Waals surface area (Å²) in [6.45, 7) is 6.57. The molecule has 2 aromatic rings. The normalized spacial score (nSPS) is 10.3. The van der Waals surface area contributed by atoms with Crippen molar-refractivity contribution in [1.82, 2.24) is 9.88 Å². The largest absolute Gasteiger partial charge is 0.350 e. The summed E-state index contributed by atoms with van der Waals surface area (Å²) < 4.78 is 1.64. The Morgan fingerprint density at radius 2 is 1.96 bits per heavy atom. The average molecular weight is 329 g/mol. The van der Waals surface area contributed by atoms with E-state index in [0.29, 0.717) is 17.1 Å². The fourth-order valence-electron chi connectivity index (χ4n) is 2.44. The highest BCUT2D eigenvalue weighted by atomic mass is 32.1. The number of nitrogens with zero attached hydrogens (tertiary/aromatic N) is 2. The van der Waals surface area contributed by atoms with Crippen LogP contribution in [0.15, 0.2) is 23.0 Å². The van der Waals surface area contributed by atoms with Crippen molar-refractivity contribution in [3.63, 3.8) is 0 Å². The molecule has 0 saturated heterocycles. The van der Waals surface area contributed by atoms with E-state index in [-0.39, 0.29) is 23.7 Å². The number of hydrogen-bond acceptors (Lipinski definition) is 4. The van der Waals surface area contributed by atoms with Crippen molar-refractivity contribution in [2.24, 2.45) is 0 Å². The van der Waals surface area contributed by atoms with Gasteiger partial charge in [0.15, 0.2) is 0 Å². The van der Waals surface area contributed by atoms with Gasteiger partial charge in [-0.25, -0.2) is 0 Å². The smallest absolute Gasteiger partial charge is 0.308 e. The van der Waals surface area contributed by atoms with Crippen LogP contribution in [0.1, 0.15) is 38.5 Å². The van der Waals surface area contributed by atoms with Gasteiger partial charge in [-0.1, -0.05) is 29.5 Å². The van der Waals surface area contributed by atoms with Gasteiger partial charge < -0.3 is 5.32 Å². The zero-order valence-electron chi connectivity index (χ0n) is 13.5. The first-order valence-electron chi connectivity index (χ1n) is 7.36. The van der Waals surface area contributed by atoms with Crippen LogP contribution in [0, 0.1) is 32.1 Å². The number of rotatable bonds is 5. The number of benzene rings is 1.